The first-order chi connectivity index (χ1) is 10.1. The van der Waals surface area contributed by atoms with Crippen molar-refractivity contribution in [3.8, 4) is 11.5 Å². The van der Waals surface area contributed by atoms with Crippen LogP contribution in [0.5, 0.6) is 11.5 Å². The molecule has 0 aliphatic carbocycles. The average Bonchev–Trinajstić information content (AvgIpc) is 2.48. The summed E-state index contributed by atoms with van der Waals surface area (Å²) in [5, 5.41) is 13.8. The van der Waals surface area contributed by atoms with Crippen molar-refractivity contribution >= 4 is 23.7 Å². The van der Waals surface area contributed by atoms with Crippen LogP contribution < -0.4 is 10.2 Å². The Morgan fingerprint density at radius 1 is 1.33 bits per heavy atom. The smallest absolute Gasteiger partial charge is 0.275 e. The molecule has 6 heteroatoms. The highest BCUT2D eigenvalue weighted by Gasteiger charge is 2.08. The van der Waals surface area contributed by atoms with Crippen LogP contribution in [0, 0.1) is 0 Å². The molecule has 21 heavy (non-hydrogen) atoms. The van der Waals surface area contributed by atoms with Gasteiger partial charge in [-0.2, -0.15) is 5.10 Å². The predicted octanol–water partition coefficient (Wildman–Crippen LogP) is 2.82. The van der Waals surface area contributed by atoms with E-state index in [4.69, 9.17) is 16.3 Å². The summed E-state index contributed by atoms with van der Waals surface area (Å²) in [6.07, 6.45) is 1.45. The van der Waals surface area contributed by atoms with Crippen LogP contribution in [0.3, 0.4) is 0 Å². The minimum Gasteiger partial charge on any atom is -0.507 e. The number of aromatic hydroxyl groups is 1. The zero-order valence-electron chi connectivity index (χ0n) is 11.2. The SMILES string of the molecule is COc1ccc(C=NNC(=O)c2ccccc2O)cc1Cl. The number of benzene rings is 2. The molecule has 0 unspecified atom stereocenters. The molecule has 0 aromatic heterocycles. The number of hydrogen-bond donors (Lipinski definition) is 2. The number of phenols is 1. The average molecular weight is 305 g/mol. The molecule has 0 aliphatic rings. The van der Waals surface area contributed by atoms with Crippen molar-refractivity contribution in [3.05, 3.63) is 58.6 Å². The van der Waals surface area contributed by atoms with Crippen molar-refractivity contribution < 1.29 is 14.6 Å². The second-order valence-electron chi connectivity index (χ2n) is 4.11. The fraction of sp³-hybridized carbons (Fsp3) is 0.0667. The molecule has 0 saturated carbocycles. The maximum absolute atomic E-state index is 11.8. The van der Waals surface area contributed by atoms with E-state index in [1.165, 1.54) is 25.5 Å². The standard InChI is InChI=1S/C15H13ClN2O3/c1-21-14-7-6-10(8-12(14)16)9-17-18-15(20)11-4-2-3-5-13(11)19/h2-9,19H,1H3,(H,18,20). The topological polar surface area (TPSA) is 70.9 Å². The second kappa shape index (κ2) is 6.76. The third-order valence-corrected chi connectivity index (χ3v) is 3.00. The van der Waals surface area contributed by atoms with Crippen LogP contribution in [0.15, 0.2) is 47.6 Å². The van der Waals surface area contributed by atoms with Crippen molar-refractivity contribution in [1.82, 2.24) is 5.43 Å². The molecule has 108 valence electrons. The fourth-order valence-electron chi connectivity index (χ4n) is 1.65. The number of hydrogen-bond acceptors (Lipinski definition) is 4. The Morgan fingerprint density at radius 3 is 2.76 bits per heavy atom. The van der Waals surface area contributed by atoms with Gasteiger partial charge >= 0.3 is 0 Å². The lowest BCUT2D eigenvalue weighted by Crippen LogP contribution is -2.17. The molecule has 2 rings (SSSR count). The van der Waals surface area contributed by atoms with Gasteiger partial charge in [-0.05, 0) is 35.9 Å². The molecular weight excluding hydrogens is 292 g/mol. The molecule has 0 spiro atoms. The zero-order chi connectivity index (χ0) is 15.2. The first-order valence-electron chi connectivity index (χ1n) is 6.06. The van der Waals surface area contributed by atoms with Crippen LogP contribution in [0.2, 0.25) is 5.02 Å². The van der Waals surface area contributed by atoms with E-state index >= 15 is 0 Å². The van der Waals surface area contributed by atoms with E-state index in [2.05, 4.69) is 10.5 Å². The highest BCUT2D eigenvalue weighted by atomic mass is 35.5. The van der Waals surface area contributed by atoms with Gasteiger partial charge in [0.1, 0.15) is 11.5 Å². The molecule has 0 radical (unpaired) electrons. The number of phenolic OH excluding ortho intramolecular Hbond substituents is 1. The Hall–Kier alpha value is -2.53. The molecule has 2 aromatic rings. The Labute approximate surface area is 126 Å². The highest BCUT2D eigenvalue weighted by molar-refractivity contribution is 6.32. The van der Waals surface area contributed by atoms with Crippen molar-refractivity contribution in [3.63, 3.8) is 0 Å². The zero-order valence-corrected chi connectivity index (χ0v) is 12.0. The third-order valence-electron chi connectivity index (χ3n) is 2.70. The van der Waals surface area contributed by atoms with Gasteiger partial charge in [-0.25, -0.2) is 5.43 Å². The monoisotopic (exact) mass is 304 g/mol. The fourth-order valence-corrected chi connectivity index (χ4v) is 1.92. The molecule has 0 atom stereocenters. The third kappa shape index (κ3) is 3.73. The molecular formula is C15H13ClN2O3. The van der Waals surface area contributed by atoms with Gasteiger partial charge in [0.25, 0.3) is 5.91 Å². The number of rotatable bonds is 4. The molecule has 5 nitrogen and oxygen atoms in total. The number of ether oxygens (including phenoxy) is 1. The highest BCUT2D eigenvalue weighted by Crippen LogP contribution is 2.24. The molecule has 0 heterocycles. The van der Waals surface area contributed by atoms with Gasteiger partial charge in [-0.15, -0.1) is 0 Å². The normalized spacial score (nSPS) is 10.6. The lowest BCUT2D eigenvalue weighted by Gasteiger charge is -2.03. The number of para-hydroxylation sites is 1. The number of hydrazone groups is 1. The number of methoxy groups -OCH3 is 1. The quantitative estimate of drug-likeness (QED) is 0.674. The lowest BCUT2D eigenvalue weighted by molar-refractivity contribution is 0.0952. The summed E-state index contributed by atoms with van der Waals surface area (Å²) in [5.74, 6) is -0.0336. The first-order valence-corrected chi connectivity index (χ1v) is 6.44. The summed E-state index contributed by atoms with van der Waals surface area (Å²) in [7, 11) is 1.53. The van der Waals surface area contributed by atoms with E-state index in [1.54, 1.807) is 30.3 Å². The Balaban J connectivity index is 2.04. The summed E-state index contributed by atoms with van der Waals surface area (Å²) in [6.45, 7) is 0. The summed E-state index contributed by atoms with van der Waals surface area (Å²) in [4.78, 5) is 11.8. The Morgan fingerprint density at radius 2 is 2.10 bits per heavy atom. The van der Waals surface area contributed by atoms with Crippen molar-refractivity contribution in [2.75, 3.05) is 7.11 Å². The van der Waals surface area contributed by atoms with E-state index in [0.29, 0.717) is 16.3 Å². The van der Waals surface area contributed by atoms with Gasteiger partial charge in [-0.3, -0.25) is 4.79 Å². The van der Waals surface area contributed by atoms with Gasteiger partial charge < -0.3 is 9.84 Å². The van der Waals surface area contributed by atoms with E-state index in [1.807, 2.05) is 0 Å². The van der Waals surface area contributed by atoms with E-state index in [0.717, 1.165) is 0 Å². The maximum Gasteiger partial charge on any atom is 0.275 e. The van der Waals surface area contributed by atoms with Crippen molar-refractivity contribution in [2.45, 2.75) is 0 Å². The number of amides is 1. The molecule has 2 aromatic carbocycles. The second-order valence-corrected chi connectivity index (χ2v) is 4.52. The Kier molecular flexibility index (Phi) is 4.79. The lowest BCUT2D eigenvalue weighted by atomic mass is 10.2. The summed E-state index contributed by atoms with van der Waals surface area (Å²) >= 11 is 5.98. The largest absolute Gasteiger partial charge is 0.507 e. The van der Waals surface area contributed by atoms with Gasteiger partial charge in [-0.1, -0.05) is 23.7 Å². The molecule has 0 fully saturated rings. The number of nitrogens with zero attached hydrogens (tertiary/aromatic N) is 1. The number of carbonyl (C=O) groups excluding carboxylic acids is 1. The maximum atomic E-state index is 11.8. The molecule has 0 aliphatic heterocycles. The van der Waals surface area contributed by atoms with Gasteiger partial charge in [0.05, 0.1) is 23.9 Å². The first kappa shape index (κ1) is 14.9. The van der Waals surface area contributed by atoms with Gasteiger partial charge in [0.2, 0.25) is 0 Å². The summed E-state index contributed by atoms with van der Waals surface area (Å²) in [6, 6.07) is 11.3. The van der Waals surface area contributed by atoms with Crippen LogP contribution >= 0.6 is 11.6 Å². The van der Waals surface area contributed by atoms with Gasteiger partial charge in [0.15, 0.2) is 0 Å². The molecule has 1 amide bonds. The van der Waals surface area contributed by atoms with E-state index in [9.17, 15) is 9.90 Å². The van der Waals surface area contributed by atoms with E-state index in [-0.39, 0.29) is 11.3 Å². The number of carbonyl (C=O) groups is 1. The van der Waals surface area contributed by atoms with Crippen LogP contribution in [-0.4, -0.2) is 24.3 Å². The molecule has 2 N–H and O–H groups in total. The predicted molar refractivity (Wildman–Crippen MR) is 81.2 cm³/mol. The molecule has 0 bridgehead atoms. The van der Waals surface area contributed by atoms with E-state index < -0.39 is 5.91 Å². The van der Waals surface area contributed by atoms with Crippen LogP contribution in [-0.2, 0) is 0 Å². The minimum absolute atomic E-state index is 0.0994. The summed E-state index contributed by atoms with van der Waals surface area (Å²) < 4.78 is 5.04. The van der Waals surface area contributed by atoms with Gasteiger partial charge in [0, 0.05) is 0 Å². The van der Waals surface area contributed by atoms with Crippen molar-refractivity contribution in [2.24, 2.45) is 5.10 Å². The Bertz CT molecular complexity index is 686. The van der Waals surface area contributed by atoms with Crippen molar-refractivity contribution in [1.29, 1.82) is 0 Å². The molecule has 0 saturated heterocycles. The van der Waals surface area contributed by atoms with Crippen LogP contribution in [0.1, 0.15) is 15.9 Å². The number of halogens is 1. The van der Waals surface area contributed by atoms with Crippen LogP contribution in [0.4, 0.5) is 0 Å². The summed E-state index contributed by atoms with van der Waals surface area (Å²) in [5.41, 5.74) is 3.19. The van der Waals surface area contributed by atoms with Crippen LogP contribution in [0.25, 0.3) is 0 Å². The number of nitrogens with one attached hydrogen (secondary N) is 1. The minimum atomic E-state index is -0.496.